The number of hydrogen-bond donors (Lipinski definition) is 0. The summed E-state index contributed by atoms with van der Waals surface area (Å²) in [4.78, 5) is 2.57. The Hall–Kier alpha value is -1.80. The summed E-state index contributed by atoms with van der Waals surface area (Å²) in [6.07, 6.45) is 3.82. The number of para-hydroxylation sites is 1. The maximum Gasteiger partial charge on any atom is 0.119 e. The molecule has 122 valence electrons. The monoisotopic (exact) mass is 309 g/mol. The van der Waals surface area contributed by atoms with Crippen LogP contribution < -0.4 is 4.74 Å². The van der Waals surface area contributed by atoms with E-state index in [2.05, 4.69) is 42.2 Å². The van der Waals surface area contributed by atoms with Crippen LogP contribution in [0.5, 0.6) is 5.75 Å². The van der Waals surface area contributed by atoms with Crippen LogP contribution in [0.3, 0.4) is 0 Å². The third-order valence-corrected chi connectivity index (χ3v) is 4.87. The van der Waals surface area contributed by atoms with Crippen molar-refractivity contribution in [1.82, 2.24) is 4.90 Å². The van der Waals surface area contributed by atoms with Crippen LogP contribution in [-0.4, -0.2) is 30.6 Å². The van der Waals surface area contributed by atoms with Crippen molar-refractivity contribution in [3.8, 4) is 5.75 Å². The highest BCUT2D eigenvalue weighted by atomic mass is 16.5. The van der Waals surface area contributed by atoms with Gasteiger partial charge in [0, 0.05) is 6.04 Å². The van der Waals surface area contributed by atoms with Gasteiger partial charge in [0.25, 0.3) is 0 Å². The molecule has 0 saturated carbocycles. The molecule has 0 aromatic heterocycles. The summed E-state index contributed by atoms with van der Waals surface area (Å²) >= 11 is 0. The van der Waals surface area contributed by atoms with Crippen molar-refractivity contribution in [1.29, 1.82) is 0 Å². The van der Waals surface area contributed by atoms with Crippen molar-refractivity contribution in [2.75, 3.05) is 19.7 Å². The topological polar surface area (TPSA) is 12.5 Å². The van der Waals surface area contributed by atoms with Gasteiger partial charge in [-0.1, -0.05) is 48.5 Å². The molecule has 23 heavy (non-hydrogen) atoms. The third kappa shape index (κ3) is 4.84. The van der Waals surface area contributed by atoms with Crippen LogP contribution in [-0.2, 0) is 6.42 Å². The maximum absolute atomic E-state index is 5.90. The van der Waals surface area contributed by atoms with Gasteiger partial charge in [0.2, 0.25) is 0 Å². The molecule has 0 bridgehead atoms. The molecule has 1 heterocycles. The highest BCUT2D eigenvalue weighted by Gasteiger charge is 2.23. The van der Waals surface area contributed by atoms with E-state index < -0.39 is 0 Å². The number of likely N-dealkylation sites (tertiary alicyclic amines) is 1. The average Bonchev–Trinajstić information content (AvgIpc) is 2.62. The molecule has 1 aliphatic heterocycles. The molecule has 1 aliphatic rings. The van der Waals surface area contributed by atoms with Gasteiger partial charge in [-0.15, -0.1) is 0 Å². The van der Waals surface area contributed by atoms with Gasteiger partial charge >= 0.3 is 0 Å². The Morgan fingerprint density at radius 1 is 0.957 bits per heavy atom. The average molecular weight is 309 g/mol. The van der Waals surface area contributed by atoms with E-state index in [9.17, 15) is 0 Å². The summed E-state index contributed by atoms with van der Waals surface area (Å²) in [5.74, 6) is 1.80. The number of piperidine rings is 1. The highest BCUT2D eigenvalue weighted by Crippen LogP contribution is 2.23. The fourth-order valence-corrected chi connectivity index (χ4v) is 3.38. The van der Waals surface area contributed by atoms with Gasteiger partial charge < -0.3 is 4.74 Å². The van der Waals surface area contributed by atoms with E-state index in [-0.39, 0.29) is 0 Å². The van der Waals surface area contributed by atoms with Gasteiger partial charge in [-0.2, -0.15) is 0 Å². The van der Waals surface area contributed by atoms with Crippen molar-refractivity contribution >= 4 is 0 Å². The third-order valence-electron chi connectivity index (χ3n) is 4.87. The molecule has 2 aromatic carbocycles. The summed E-state index contributed by atoms with van der Waals surface area (Å²) < 4.78 is 5.90. The standard InChI is InChI=1S/C21H27NO/c1-18(17-23-21-10-6-3-7-11-21)22-14-12-20(13-15-22)16-19-8-4-2-5-9-19/h2-11,18,20H,12-17H2,1H3. The molecule has 2 heteroatoms. The van der Waals surface area contributed by atoms with E-state index in [1.807, 2.05) is 30.3 Å². The number of nitrogens with zero attached hydrogens (tertiary/aromatic N) is 1. The fraction of sp³-hybridized carbons (Fsp3) is 0.429. The Kier molecular flexibility index (Phi) is 5.71. The molecule has 1 fully saturated rings. The van der Waals surface area contributed by atoms with Crippen molar-refractivity contribution in [2.45, 2.75) is 32.2 Å². The summed E-state index contributed by atoms with van der Waals surface area (Å²) in [6.45, 7) is 5.43. The van der Waals surface area contributed by atoms with Crippen molar-refractivity contribution in [3.63, 3.8) is 0 Å². The highest BCUT2D eigenvalue weighted by molar-refractivity contribution is 5.21. The molecule has 0 radical (unpaired) electrons. The molecule has 3 rings (SSSR count). The maximum atomic E-state index is 5.90. The lowest BCUT2D eigenvalue weighted by atomic mass is 9.90. The summed E-state index contributed by atoms with van der Waals surface area (Å²) in [7, 11) is 0. The van der Waals surface area contributed by atoms with E-state index in [0.29, 0.717) is 6.04 Å². The lowest BCUT2D eigenvalue weighted by Gasteiger charge is -2.36. The van der Waals surface area contributed by atoms with E-state index >= 15 is 0 Å². The zero-order chi connectivity index (χ0) is 15.9. The second kappa shape index (κ2) is 8.16. The lowest BCUT2D eigenvalue weighted by molar-refractivity contribution is 0.104. The van der Waals surface area contributed by atoms with Gasteiger partial charge in [0.1, 0.15) is 12.4 Å². The van der Waals surface area contributed by atoms with Gasteiger partial charge in [-0.3, -0.25) is 4.90 Å². The normalized spacial score (nSPS) is 17.8. The molecule has 0 N–H and O–H groups in total. The molecule has 1 saturated heterocycles. The second-order valence-electron chi connectivity index (χ2n) is 6.64. The minimum Gasteiger partial charge on any atom is -0.492 e. The first-order valence-electron chi connectivity index (χ1n) is 8.77. The van der Waals surface area contributed by atoms with Crippen LogP contribution >= 0.6 is 0 Å². The SMILES string of the molecule is CC(COc1ccccc1)N1CCC(Cc2ccccc2)CC1. The quantitative estimate of drug-likeness (QED) is 0.784. The summed E-state index contributed by atoms with van der Waals surface area (Å²) in [6, 6.07) is 21.5. The largest absolute Gasteiger partial charge is 0.492 e. The molecular formula is C21H27NO. The summed E-state index contributed by atoms with van der Waals surface area (Å²) in [5, 5.41) is 0. The van der Waals surface area contributed by atoms with Gasteiger partial charge in [0.15, 0.2) is 0 Å². The first-order valence-corrected chi connectivity index (χ1v) is 8.77. The van der Waals surface area contributed by atoms with Crippen LogP contribution in [0.15, 0.2) is 60.7 Å². The molecule has 0 amide bonds. The van der Waals surface area contributed by atoms with Gasteiger partial charge in [-0.05, 0) is 62.9 Å². The Morgan fingerprint density at radius 2 is 1.57 bits per heavy atom. The number of benzene rings is 2. The number of ether oxygens (including phenoxy) is 1. The van der Waals surface area contributed by atoms with Crippen LogP contribution in [0.2, 0.25) is 0 Å². The Bertz CT molecular complexity index is 561. The van der Waals surface area contributed by atoms with E-state index in [1.165, 1.54) is 37.9 Å². The van der Waals surface area contributed by atoms with Gasteiger partial charge in [-0.25, -0.2) is 0 Å². The van der Waals surface area contributed by atoms with Crippen LogP contribution in [0.25, 0.3) is 0 Å². The first-order chi connectivity index (χ1) is 11.3. The molecule has 1 atom stereocenters. The van der Waals surface area contributed by atoms with Crippen LogP contribution in [0.1, 0.15) is 25.3 Å². The molecule has 0 spiro atoms. The van der Waals surface area contributed by atoms with E-state index in [0.717, 1.165) is 18.3 Å². The Balaban J connectivity index is 1.41. The molecule has 0 aliphatic carbocycles. The van der Waals surface area contributed by atoms with Crippen LogP contribution in [0.4, 0.5) is 0 Å². The Labute approximate surface area is 140 Å². The van der Waals surface area contributed by atoms with E-state index in [1.54, 1.807) is 0 Å². The molecule has 2 nitrogen and oxygen atoms in total. The first kappa shape index (κ1) is 16.1. The van der Waals surface area contributed by atoms with Crippen molar-refractivity contribution < 1.29 is 4.74 Å². The second-order valence-corrected chi connectivity index (χ2v) is 6.64. The zero-order valence-corrected chi connectivity index (χ0v) is 14.0. The van der Waals surface area contributed by atoms with Crippen LogP contribution in [0, 0.1) is 5.92 Å². The molecular weight excluding hydrogens is 282 g/mol. The minimum absolute atomic E-state index is 0.480. The smallest absolute Gasteiger partial charge is 0.119 e. The van der Waals surface area contributed by atoms with Gasteiger partial charge in [0.05, 0.1) is 0 Å². The van der Waals surface area contributed by atoms with Crippen molar-refractivity contribution in [2.24, 2.45) is 5.92 Å². The number of hydrogen-bond acceptors (Lipinski definition) is 2. The lowest BCUT2D eigenvalue weighted by Crippen LogP contribution is -2.43. The summed E-state index contributed by atoms with van der Waals surface area (Å²) in [5.41, 5.74) is 1.48. The molecule has 1 unspecified atom stereocenters. The predicted octanol–water partition coefficient (Wildman–Crippen LogP) is 4.41. The van der Waals surface area contributed by atoms with Crippen molar-refractivity contribution in [3.05, 3.63) is 66.2 Å². The minimum atomic E-state index is 0.480. The Morgan fingerprint density at radius 3 is 2.22 bits per heavy atom. The number of rotatable bonds is 6. The molecule has 2 aromatic rings. The zero-order valence-electron chi connectivity index (χ0n) is 14.0. The van der Waals surface area contributed by atoms with E-state index in [4.69, 9.17) is 4.74 Å². The fourth-order valence-electron chi connectivity index (χ4n) is 3.38. The predicted molar refractivity (Wildman–Crippen MR) is 95.8 cm³/mol.